The van der Waals surface area contributed by atoms with Crippen LogP contribution in [0.2, 0.25) is 0 Å². The second-order valence-corrected chi connectivity index (χ2v) is 6.17. The Morgan fingerprint density at radius 2 is 1.95 bits per heavy atom. The standard InChI is InChI=1S/C16H22N4O/c1-16(2,3)14(15(17)21)18-11-12-9-10-20(19-12)13-7-5-4-6-8-13/h4-10,14,18H,11H2,1-3H3,(H2,17,21). The van der Waals surface area contributed by atoms with Crippen LogP contribution in [0.4, 0.5) is 0 Å². The van der Waals surface area contributed by atoms with Gasteiger partial charge in [-0.1, -0.05) is 39.0 Å². The molecule has 0 spiro atoms. The van der Waals surface area contributed by atoms with Gasteiger partial charge in [0.05, 0.1) is 17.4 Å². The van der Waals surface area contributed by atoms with E-state index >= 15 is 0 Å². The molecule has 0 aliphatic rings. The van der Waals surface area contributed by atoms with E-state index in [-0.39, 0.29) is 17.4 Å². The third kappa shape index (κ3) is 3.92. The fraction of sp³-hybridized carbons (Fsp3) is 0.375. The van der Waals surface area contributed by atoms with Crippen LogP contribution in [-0.2, 0) is 11.3 Å². The third-order valence-corrected chi connectivity index (χ3v) is 3.30. The molecule has 1 atom stereocenters. The molecule has 1 aromatic carbocycles. The molecule has 1 heterocycles. The lowest BCUT2D eigenvalue weighted by molar-refractivity contribution is -0.122. The van der Waals surface area contributed by atoms with Gasteiger partial charge in [0.25, 0.3) is 0 Å². The van der Waals surface area contributed by atoms with E-state index in [1.165, 1.54) is 0 Å². The van der Waals surface area contributed by atoms with Crippen molar-refractivity contribution in [2.24, 2.45) is 11.1 Å². The fourth-order valence-electron chi connectivity index (χ4n) is 2.22. The summed E-state index contributed by atoms with van der Waals surface area (Å²) in [5.74, 6) is -0.343. The maximum Gasteiger partial charge on any atom is 0.235 e. The number of primary amides is 1. The minimum absolute atomic E-state index is 0.228. The Hall–Kier alpha value is -2.14. The predicted molar refractivity (Wildman–Crippen MR) is 82.8 cm³/mol. The van der Waals surface area contributed by atoms with E-state index < -0.39 is 0 Å². The Morgan fingerprint density at radius 3 is 2.52 bits per heavy atom. The van der Waals surface area contributed by atoms with Gasteiger partial charge in [-0.15, -0.1) is 0 Å². The van der Waals surface area contributed by atoms with Crippen LogP contribution in [0.3, 0.4) is 0 Å². The molecular formula is C16H22N4O. The first kappa shape index (κ1) is 15.3. The van der Waals surface area contributed by atoms with E-state index in [2.05, 4.69) is 10.4 Å². The van der Waals surface area contributed by atoms with Crippen LogP contribution in [0.25, 0.3) is 5.69 Å². The Bertz CT molecular complexity index is 598. The summed E-state index contributed by atoms with van der Waals surface area (Å²) in [4.78, 5) is 11.5. The first-order valence-corrected chi connectivity index (χ1v) is 7.00. The lowest BCUT2D eigenvalue weighted by atomic mass is 9.86. The van der Waals surface area contributed by atoms with Crippen LogP contribution >= 0.6 is 0 Å². The fourth-order valence-corrected chi connectivity index (χ4v) is 2.22. The van der Waals surface area contributed by atoms with E-state index in [9.17, 15) is 4.79 Å². The SMILES string of the molecule is CC(C)(C)C(NCc1ccn(-c2ccccc2)n1)C(N)=O. The molecule has 5 heteroatoms. The zero-order chi connectivity index (χ0) is 15.5. The number of amides is 1. The molecule has 3 N–H and O–H groups in total. The van der Waals surface area contributed by atoms with Crippen molar-refractivity contribution in [1.82, 2.24) is 15.1 Å². The van der Waals surface area contributed by atoms with Crippen LogP contribution in [0, 0.1) is 5.41 Å². The average Bonchev–Trinajstić information content (AvgIpc) is 2.87. The molecule has 0 radical (unpaired) electrons. The summed E-state index contributed by atoms with van der Waals surface area (Å²) in [5.41, 5.74) is 7.10. The number of aromatic nitrogens is 2. The van der Waals surface area contributed by atoms with Crippen molar-refractivity contribution in [1.29, 1.82) is 0 Å². The van der Waals surface area contributed by atoms with Gasteiger partial charge in [0, 0.05) is 12.7 Å². The summed E-state index contributed by atoms with van der Waals surface area (Å²) in [6.07, 6.45) is 1.91. The molecule has 1 unspecified atom stereocenters. The predicted octanol–water partition coefficient (Wildman–Crippen LogP) is 1.86. The average molecular weight is 286 g/mol. The van der Waals surface area contributed by atoms with Crippen molar-refractivity contribution in [3.05, 3.63) is 48.3 Å². The van der Waals surface area contributed by atoms with Crippen LogP contribution in [0.15, 0.2) is 42.6 Å². The maximum atomic E-state index is 11.5. The van der Waals surface area contributed by atoms with E-state index in [1.54, 1.807) is 0 Å². The third-order valence-electron chi connectivity index (χ3n) is 3.30. The van der Waals surface area contributed by atoms with Crippen LogP contribution in [0.1, 0.15) is 26.5 Å². The van der Waals surface area contributed by atoms with Gasteiger partial charge in [0.2, 0.25) is 5.91 Å². The summed E-state index contributed by atoms with van der Waals surface area (Å²) < 4.78 is 1.81. The minimum atomic E-state index is -0.389. The molecule has 2 rings (SSSR count). The van der Waals surface area contributed by atoms with E-state index in [0.717, 1.165) is 11.4 Å². The van der Waals surface area contributed by atoms with E-state index in [0.29, 0.717) is 6.54 Å². The van der Waals surface area contributed by atoms with Crippen LogP contribution in [0.5, 0.6) is 0 Å². The molecule has 1 amide bonds. The van der Waals surface area contributed by atoms with Crippen LogP contribution in [-0.4, -0.2) is 21.7 Å². The monoisotopic (exact) mass is 286 g/mol. The van der Waals surface area contributed by atoms with Gasteiger partial charge in [-0.05, 0) is 23.6 Å². The Morgan fingerprint density at radius 1 is 1.29 bits per heavy atom. The maximum absolute atomic E-state index is 11.5. The van der Waals surface area contributed by atoms with Gasteiger partial charge in [-0.25, -0.2) is 4.68 Å². The molecule has 5 nitrogen and oxygen atoms in total. The Balaban J connectivity index is 2.05. The van der Waals surface area contributed by atoms with Crippen molar-refractivity contribution < 1.29 is 4.79 Å². The quantitative estimate of drug-likeness (QED) is 0.881. The highest BCUT2D eigenvalue weighted by Crippen LogP contribution is 2.19. The highest BCUT2D eigenvalue weighted by atomic mass is 16.1. The zero-order valence-corrected chi connectivity index (χ0v) is 12.7. The van der Waals surface area contributed by atoms with Crippen molar-refractivity contribution in [2.75, 3.05) is 0 Å². The summed E-state index contributed by atoms with van der Waals surface area (Å²) in [7, 11) is 0. The van der Waals surface area contributed by atoms with E-state index in [4.69, 9.17) is 5.73 Å². The smallest absolute Gasteiger partial charge is 0.235 e. The van der Waals surface area contributed by atoms with Gasteiger partial charge in [0.15, 0.2) is 0 Å². The molecule has 0 bridgehead atoms. The molecule has 0 aliphatic heterocycles. The molecule has 0 fully saturated rings. The van der Waals surface area contributed by atoms with Gasteiger partial charge in [-0.3, -0.25) is 10.1 Å². The summed E-state index contributed by atoms with van der Waals surface area (Å²) in [6.45, 7) is 6.46. The number of nitrogens with two attached hydrogens (primary N) is 1. The minimum Gasteiger partial charge on any atom is -0.368 e. The number of carbonyl (C=O) groups excluding carboxylic acids is 1. The molecule has 0 saturated carbocycles. The second kappa shape index (κ2) is 6.10. The number of nitrogens with zero attached hydrogens (tertiary/aromatic N) is 2. The van der Waals surface area contributed by atoms with Crippen molar-refractivity contribution >= 4 is 5.91 Å². The molecule has 112 valence electrons. The Labute approximate surface area is 125 Å². The molecular weight excluding hydrogens is 264 g/mol. The molecule has 0 aliphatic carbocycles. The van der Waals surface area contributed by atoms with Gasteiger partial charge < -0.3 is 5.73 Å². The molecule has 21 heavy (non-hydrogen) atoms. The lowest BCUT2D eigenvalue weighted by Gasteiger charge is -2.28. The number of hydrogen-bond donors (Lipinski definition) is 2. The van der Waals surface area contributed by atoms with E-state index in [1.807, 2.05) is 68.0 Å². The first-order chi connectivity index (χ1) is 9.88. The summed E-state index contributed by atoms with van der Waals surface area (Å²) in [5, 5.41) is 7.69. The van der Waals surface area contributed by atoms with Crippen molar-refractivity contribution in [3.8, 4) is 5.69 Å². The van der Waals surface area contributed by atoms with Crippen LogP contribution < -0.4 is 11.1 Å². The normalized spacial score (nSPS) is 13.1. The molecule has 1 aromatic heterocycles. The largest absolute Gasteiger partial charge is 0.368 e. The van der Waals surface area contributed by atoms with Crippen molar-refractivity contribution in [2.45, 2.75) is 33.4 Å². The van der Waals surface area contributed by atoms with Crippen molar-refractivity contribution in [3.63, 3.8) is 0 Å². The highest BCUT2D eigenvalue weighted by Gasteiger charge is 2.29. The number of para-hydroxylation sites is 1. The number of rotatable bonds is 5. The van der Waals surface area contributed by atoms with Gasteiger partial charge >= 0.3 is 0 Å². The number of nitrogens with one attached hydrogen (secondary N) is 1. The molecule has 0 saturated heterocycles. The number of hydrogen-bond acceptors (Lipinski definition) is 3. The summed E-state index contributed by atoms with van der Waals surface area (Å²) in [6, 6.07) is 11.4. The number of carbonyl (C=O) groups is 1. The second-order valence-electron chi connectivity index (χ2n) is 6.17. The topological polar surface area (TPSA) is 72.9 Å². The highest BCUT2D eigenvalue weighted by molar-refractivity contribution is 5.80. The molecule has 2 aromatic rings. The zero-order valence-electron chi connectivity index (χ0n) is 12.7. The lowest BCUT2D eigenvalue weighted by Crippen LogP contribution is -2.49. The summed E-state index contributed by atoms with van der Waals surface area (Å²) >= 11 is 0. The number of benzene rings is 1. The Kier molecular flexibility index (Phi) is 4.43. The first-order valence-electron chi connectivity index (χ1n) is 7.00. The van der Waals surface area contributed by atoms with Gasteiger partial charge in [0.1, 0.15) is 0 Å². The van der Waals surface area contributed by atoms with Gasteiger partial charge in [-0.2, -0.15) is 5.10 Å².